The molecule has 2 aromatic carbocycles. The second kappa shape index (κ2) is 9.60. The first-order valence-corrected chi connectivity index (χ1v) is 10.7. The number of carbonyl (C=O) groups is 1. The molecule has 30 heavy (non-hydrogen) atoms. The lowest BCUT2D eigenvalue weighted by Gasteiger charge is -2.41. The van der Waals surface area contributed by atoms with Crippen molar-refractivity contribution in [1.29, 1.82) is 0 Å². The molecule has 4 rings (SSSR count). The molecule has 6 nitrogen and oxygen atoms in total. The molecule has 6 heteroatoms. The van der Waals surface area contributed by atoms with Crippen molar-refractivity contribution in [3.63, 3.8) is 0 Å². The van der Waals surface area contributed by atoms with E-state index in [9.17, 15) is 4.79 Å². The molecule has 1 saturated heterocycles. The standard InChI is InChI=1S/C24H30N2O4/c1-28-14-7-6-12-24(17-26-23(27)22-16-25-13-15-29-22)18-8-2-4-10-20(18)30-21-11-5-3-9-19(21)24/h2-5,8-11,22,25H,6-7,12-17H2,1H3,(H,26,27)/t22-/m1/s1. The predicted molar refractivity (Wildman–Crippen MR) is 115 cm³/mol. The average molecular weight is 411 g/mol. The average Bonchev–Trinajstić information content (AvgIpc) is 2.80. The number of ether oxygens (including phenoxy) is 3. The minimum Gasteiger partial charge on any atom is -0.457 e. The maximum atomic E-state index is 12.9. The number of amides is 1. The zero-order valence-electron chi connectivity index (χ0n) is 17.5. The number of hydrogen-bond donors (Lipinski definition) is 2. The number of benzene rings is 2. The van der Waals surface area contributed by atoms with E-state index in [-0.39, 0.29) is 11.3 Å². The Hall–Kier alpha value is -2.41. The molecular weight excluding hydrogens is 380 g/mol. The van der Waals surface area contributed by atoms with Crippen LogP contribution in [0.2, 0.25) is 0 Å². The van der Waals surface area contributed by atoms with Crippen LogP contribution in [0.1, 0.15) is 30.4 Å². The number of carbonyl (C=O) groups excluding carboxylic acids is 1. The van der Waals surface area contributed by atoms with E-state index >= 15 is 0 Å². The summed E-state index contributed by atoms with van der Waals surface area (Å²) in [7, 11) is 1.73. The van der Waals surface area contributed by atoms with E-state index in [1.807, 2.05) is 36.4 Å². The van der Waals surface area contributed by atoms with Crippen LogP contribution in [-0.2, 0) is 19.7 Å². The van der Waals surface area contributed by atoms with Crippen molar-refractivity contribution in [2.45, 2.75) is 30.8 Å². The first-order valence-electron chi connectivity index (χ1n) is 10.7. The van der Waals surface area contributed by atoms with Crippen LogP contribution in [0.15, 0.2) is 48.5 Å². The molecule has 160 valence electrons. The number of unbranched alkanes of at least 4 members (excludes halogenated alkanes) is 1. The third-order valence-electron chi connectivity index (χ3n) is 6.01. The highest BCUT2D eigenvalue weighted by atomic mass is 16.5. The Labute approximate surface area is 177 Å². The topological polar surface area (TPSA) is 68.8 Å². The summed E-state index contributed by atoms with van der Waals surface area (Å²) in [6, 6.07) is 16.3. The van der Waals surface area contributed by atoms with Gasteiger partial charge in [0, 0.05) is 49.9 Å². The Kier molecular flexibility index (Phi) is 6.67. The minimum atomic E-state index is -0.449. The summed E-state index contributed by atoms with van der Waals surface area (Å²) in [5.74, 6) is 1.64. The van der Waals surface area contributed by atoms with Crippen molar-refractivity contribution in [3.8, 4) is 11.5 Å². The number of morpholine rings is 1. The van der Waals surface area contributed by atoms with Crippen LogP contribution in [0.3, 0.4) is 0 Å². The number of fused-ring (bicyclic) bond motifs is 2. The van der Waals surface area contributed by atoms with Crippen LogP contribution in [0.5, 0.6) is 11.5 Å². The fourth-order valence-electron chi connectivity index (χ4n) is 4.47. The molecule has 0 radical (unpaired) electrons. The van der Waals surface area contributed by atoms with Crippen molar-refractivity contribution >= 4 is 5.91 Å². The Bertz CT molecular complexity index is 818. The van der Waals surface area contributed by atoms with E-state index in [2.05, 4.69) is 22.8 Å². The number of nitrogens with one attached hydrogen (secondary N) is 2. The van der Waals surface area contributed by atoms with Gasteiger partial charge in [-0.2, -0.15) is 0 Å². The maximum absolute atomic E-state index is 12.9. The van der Waals surface area contributed by atoms with Gasteiger partial charge in [0.15, 0.2) is 0 Å². The van der Waals surface area contributed by atoms with Crippen LogP contribution >= 0.6 is 0 Å². The molecule has 0 aromatic heterocycles. The molecule has 0 bridgehead atoms. The van der Waals surface area contributed by atoms with Gasteiger partial charge < -0.3 is 24.8 Å². The molecule has 2 N–H and O–H groups in total. The summed E-state index contributed by atoms with van der Waals surface area (Å²) in [6.45, 7) is 3.11. The first-order chi connectivity index (χ1) is 14.7. The molecule has 0 aliphatic carbocycles. The zero-order valence-corrected chi connectivity index (χ0v) is 17.5. The Morgan fingerprint density at radius 2 is 1.83 bits per heavy atom. The van der Waals surface area contributed by atoms with Crippen molar-refractivity contribution < 1.29 is 19.0 Å². The van der Waals surface area contributed by atoms with Crippen molar-refractivity contribution in [2.24, 2.45) is 0 Å². The third kappa shape index (κ3) is 4.21. The van der Waals surface area contributed by atoms with Gasteiger partial charge in [-0.3, -0.25) is 4.79 Å². The Balaban J connectivity index is 1.66. The van der Waals surface area contributed by atoms with Gasteiger partial charge in [0.05, 0.1) is 6.61 Å². The number of para-hydroxylation sites is 2. The van der Waals surface area contributed by atoms with E-state index < -0.39 is 6.10 Å². The molecule has 1 fully saturated rings. The summed E-state index contributed by atoms with van der Waals surface area (Å²) < 4.78 is 17.1. The van der Waals surface area contributed by atoms with Gasteiger partial charge in [0.1, 0.15) is 17.6 Å². The number of hydrogen-bond acceptors (Lipinski definition) is 5. The van der Waals surface area contributed by atoms with Gasteiger partial charge in [-0.15, -0.1) is 0 Å². The van der Waals surface area contributed by atoms with E-state index in [0.29, 0.717) is 19.7 Å². The quantitative estimate of drug-likeness (QED) is 0.655. The lowest BCUT2D eigenvalue weighted by atomic mass is 9.69. The molecule has 1 atom stereocenters. The molecule has 2 aliphatic rings. The number of methoxy groups -OCH3 is 1. The van der Waals surface area contributed by atoms with Gasteiger partial charge in [0.25, 0.3) is 5.91 Å². The molecule has 2 aliphatic heterocycles. The van der Waals surface area contributed by atoms with Crippen molar-refractivity contribution in [1.82, 2.24) is 10.6 Å². The summed E-state index contributed by atoms with van der Waals surface area (Å²) >= 11 is 0. The molecule has 2 aromatic rings. The molecule has 1 amide bonds. The number of rotatable bonds is 8. The molecular formula is C24H30N2O4. The predicted octanol–water partition coefficient (Wildman–Crippen LogP) is 3.00. The van der Waals surface area contributed by atoms with Crippen molar-refractivity contribution in [2.75, 3.05) is 40.0 Å². The lowest BCUT2D eigenvalue weighted by Crippen LogP contribution is -2.51. The van der Waals surface area contributed by atoms with Crippen LogP contribution in [0.4, 0.5) is 0 Å². The van der Waals surface area contributed by atoms with Gasteiger partial charge in [0.2, 0.25) is 0 Å². The molecule has 2 heterocycles. The van der Waals surface area contributed by atoms with Crippen LogP contribution in [-0.4, -0.2) is 52.0 Å². The highest BCUT2D eigenvalue weighted by Crippen LogP contribution is 2.50. The monoisotopic (exact) mass is 410 g/mol. The van der Waals surface area contributed by atoms with E-state index in [1.165, 1.54) is 0 Å². The van der Waals surface area contributed by atoms with Gasteiger partial charge in [-0.25, -0.2) is 0 Å². The van der Waals surface area contributed by atoms with Crippen LogP contribution in [0, 0.1) is 0 Å². The molecule has 0 unspecified atom stereocenters. The fourth-order valence-corrected chi connectivity index (χ4v) is 4.47. The highest BCUT2D eigenvalue weighted by Gasteiger charge is 2.42. The minimum absolute atomic E-state index is 0.0695. The van der Waals surface area contributed by atoms with E-state index in [1.54, 1.807) is 7.11 Å². The summed E-state index contributed by atoms with van der Waals surface area (Å²) in [5.41, 5.74) is 1.87. The SMILES string of the molecule is COCCCCC1(CNC(=O)[C@H]2CNCCO2)c2ccccc2Oc2ccccc21. The zero-order chi connectivity index (χ0) is 20.8. The molecule has 0 spiro atoms. The van der Waals surface area contributed by atoms with E-state index in [0.717, 1.165) is 55.0 Å². The van der Waals surface area contributed by atoms with Crippen LogP contribution in [0.25, 0.3) is 0 Å². The molecule has 0 saturated carbocycles. The Morgan fingerprint density at radius 3 is 2.47 bits per heavy atom. The summed E-state index contributed by atoms with van der Waals surface area (Å²) in [4.78, 5) is 12.9. The van der Waals surface area contributed by atoms with Crippen LogP contribution < -0.4 is 15.4 Å². The lowest BCUT2D eigenvalue weighted by molar-refractivity contribution is -0.134. The maximum Gasteiger partial charge on any atom is 0.250 e. The largest absolute Gasteiger partial charge is 0.457 e. The van der Waals surface area contributed by atoms with Gasteiger partial charge >= 0.3 is 0 Å². The van der Waals surface area contributed by atoms with Gasteiger partial charge in [-0.1, -0.05) is 36.4 Å². The summed E-state index contributed by atoms with van der Waals surface area (Å²) in [6.07, 6.45) is 2.38. The van der Waals surface area contributed by atoms with Gasteiger partial charge in [-0.05, 0) is 31.4 Å². The second-order valence-corrected chi connectivity index (χ2v) is 7.91. The second-order valence-electron chi connectivity index (χ2n) is 7.91. The fraction of sp³-hybridized carbons (Fsp3) is 0.458. The third-order valence-corrected chi connectivity index (χ3v) is 6.01. The van der Waals surface area contributed by atoms with E-state index in [4.69, 9.17) is 14.2 Å². The summed E-state index contributed by atoms with van der Waals surface area (Å²) in [5, 5.41) is 6.42. The Morgan fingerprint density at radius 1 is 1.13 bits per heavy atom. The van der Waals surface area contributed by atoms with Crippen molar-refractivity contribution in [3.05, 3.63) is 59.7 Å². The normalized spacial score (nSPS) is 19.3. The first kappa shape index (κ1) is 20.8. The smallest absolute Gasteiger partial charge is 0.250 e. The highest BCUT2D eigenvalue weighted by molar-refractivity contribution is 5.81.